The van der Waals surface area contributed by atoms with Crippen LogP contribution in [0.5, 0.6) is 0 Å². The van der Waals surface area contributed by atoms with E-state index in [0.29, 0.717) is 6.42 Å². The molecule has 7 nitrogen and oxygen atoms in total. The van der Waals surface area contributed by atoms with Crippen molar-refractivity contribution in [3.8, 4) is 22.5 Å². The van der Waals surface area contributed by atoms with Gasteiger partial charge in [-0.15, -0.1) is 0 Å². The van der Waals surface area contributed by atoms with Gasteiger partial charge in [-0.05, 0) is 30.7 Å². The lowest BCUT2D eigenvalue weighted by Crippen LogP contribution is -2.49. The minimum Gasteiger partial charge on any atom is -0.456 e. The predicted molar refractivity (Wildman–Crippen MR) is 159 cm³/mol. The van der Waals surface area contributed by atoms with E-state index >= 15 is 0 Å². The van der Waals surface area contributed by atoms with Crippen LogP contribution in [0.15, 0.2) is 65.1 Å². The zero-order chi connectivity index (χ0) is 27.8. The Morgan fingerprint density at radius 1 is 0.850 bits per heavy atom. The van der Waals surface area contributed by atoms with E-state index in [1.54, 1.807) is 6.92 Å². The maximum Gasteiger partial charge on any atom is 0.222 e. The van der Waals surface area contributed by atoms with E-state index in [2.05, 4.69) is 77.1 Å². The average molecular weight is 538 g/mol. The second kappa shape index (κ2) is 10.8. The molecule has 2 saturated heterocycles. The van der Waals surface area contributed by atoms with Crippen molar-refractivity contribution in [2.45, 2.75) is 27.2 Å². The summed E-state index contributed by atoms with van der Waals surface area (Å²) in [5.41, 5.74) is 6.62. The van der Waals surface area contributed by atoms with E-state index in [1.807, 2.05) is 16.7 Å². The standard InChI is InChI=1S/C33H37N4O3/c1-4-32(39)37-19-17-36(18-20-37)27-10-12-29-31(22-27)40-30-21-26(35-15-13-34(14-16-35)24(3)38)9-11-28(30)33(29)25-7-5-23(2)6-8-25/h5-12,21-22H,4,13-20H2,1-3H3/q+1. The first-order valence-corrected chi connectivity index (χ1v) is 14.3. The lowest BCUT2D eigenvalue weighted by molar-refractivity contribution is -0.131. The SMILES string of the molecule is CCC(=O)N1CCN(c2ccc3c(-c4ccc(C)cc4)c4ccc(=[N+]5CCN(C(C)=O)CC5)cc-4oc3c2)CC1. The second-order valence-electron chi connectivity index (χ2n) is 10.9. The highest BCUT2D eigenvalue weighted by molar-refractivity contribution is 6.02. The van der Waals surface area contributed by atoms with Crippen LogP contribution in [0.1, 0.15) is 25.8 Å². The number of carbonyl (C=O) groups excluding carboxylic acids is 2. The van der Waals surface area contributed by atoms with Crippen LogP contribution in [-0.2, 0) is 9.59 Å². The Labute approximate surface area is 235 Å². The number of amides is 2. The van der Waals surface area contributed by atoms with Gasteiger partial charge in [-0.25, -0.2) is 4.58 Å². The van der Waals surface area contributed by atoms with Gasteiger partial charge in [0, 0.05) is 73.9 Å². The fourth-order valence-electron chi connectivity index (χ4n) is 6.01. The molecule has 3 aliphatic heterocycles. The predicted octanol–water partition coefficient (Wildman–Crippen LogP) is 4.21. The van der Waals surface area contributed by atoms with Crippen LogP contribution in [0, 0.1) is 6.92 Å². The summed E-state index contributed by atoms with van der Waals surface area (Å²) in [7, 11) is 0. The van der Waals surface area contributed by atoms with Gasteiger partial charge in [0.25, 0.3) is 0 Å². The Morgan fingerprint density at radius 2 is 1.57 bits per heavy atom. The molecule has 206 valence electrons. The molecule has 2 fully saturated rings. The highest BCUT2D eigenvalue weighted by atomic mass is 16.3. The van der Waals surface area contributed by atoms with Gasteiger partial charge >= 0.3 is 0 Å². The lowest BCUT2D eigenvalue weighted by Gasteiger charge is -2.36. The van der Waals surface area contributed by atoms with Gasteiger partial charge in [-0.2, -0.15) is 0 Å². The monoisotopic (exact) mass is 537 g/mol. The number of fused-ring (bicyclic) bond motifs is 2. The molecule has 0 N–H and O–H groups in total. The van der Waals surface area contributed by atoms with Crippen LogP contribution in [-0.4, -0.2) is 74.0 Å². The maximum absolute atomic E-state index is 12.2. The minimum atomic E-state index is 0.136. The molecule has 0 saturated carbocycles. The van der Waals surface area contributed by atoms with E-state index in [9.17, 15) is 9.59 Å². The third-order valence-electron chi connectivity index (χ3n) is 8.42. The first kappa shape index (κ1) is 26.1. The molecule has 0 atom stereocenters. The molecule has 0 radical (unpaired) electrons. The Hall–Kier alpha value is -4.13. The van der Waals surface area contributed by atoms with Gasteiger partial charge < -0.3 is 19.1 Å². The van der Waals surface area contributed by atoms with Crippen molar-refractivity contribution in [1.82, 2.24) is 14.4 Å². The summed E-state index contributed by atoms with van der Waals surface area (Å²) < 4.78 is 8.98. The third kappa shape index (κ3) is 4.96. The summed E-state index contributed by atoms with van der Waals surface area (Å²) in [6.07, 6.45) is 0.554. The zero-order valence-corrected chi connectivity index (χ0v) is 23.7. The Kier molecular flexibility index (Phi) is 7.05. The molecule has 0 spiro atoms. The fourth-order valence-corrected chi connectivity index (χ4v) is 6.01. The van der Waals surface area contributed by atoms with Crippen molar-refractivity contribution in [1.29, 1.82) is 0 Å². The highest BCUT2D eigenvalue weighted by Gasteiger charge is 2.24. The molecule has 0 unspecified atom stereocenters. The molecule has 7 heteroatoms. The summed E-state index contributed by atoms with van der Waals surface area (Å²) in [6.45, 7) is 11.9. The summed E-state index contributed by atoms with van der Waals surface area (Å²) in [4.78, 5) is 30.2. The first-order valence-electron chi connectivity index (χ1n) is 14.3. The second-order valence-corrected chi connectivity index (χ2v) is 10.9. The van der Waals surface area contributed by atoms with Gasteiger partial charge in [0.05, 0.1) is 19.2 Å². The molecule has 3 heterocycles. The van der Waals surface area contributed by atoms with E-state index in [4.69, 9.17) is 4.42 Å². The van der Waals surface area contributed by atoms with Crippen molar-refractivity contribution < 1.29 is 14.0 Å². The van der Waals surface area contributed by atoms with E-state index in [1.165, 1.54) is 16.7 Å². The lowest BCUT2D eigenvalue weighted by atomic mass is 9.93. The van der Waals surface area contributed by atoms with E-state index in [0.717, 1.165) is 85.7 Å². The molecule has 1 aliphatic carbocycles. The van der Waals surface area contributed by atoms with E-state index < -0.39 is 0 Å². The summed E-state index contributed by atoms with van der Waals surface area (Å²) in [6, 6.07) is 21.7. The van der Waals surface area contributed by atoms with Crippen LogP contribution < -0.4 is 14.8 Å². The first-order chi connectivity index (χ1) is 19.4. The van der Waals surface area contributed by atoms with Crippen molar-refractivity contribution in [2.75, 3.05) is 57.3 Å². The summed E-state index contributed by atoms with van der Waals surface area (Å²) in [5.74, 6) is 1.21. The Morgan fingerprint density at radius 3 is 2.25 bits per heavy atom. The smallest absolute Gasteiger partial charge is 0.222 e. The zero-order valence-electron chi connectivity index (χ0n) is 23.7. The van der Waals surface area contributed by atoms with Gasteiger partial charge in [0.1, 0.15) is 11.3 Å². The summed E-state index contributed by atoms with van der Waals surface area (Å²) in [5, 5.41) is 2.20. The van der Waals surface area contributed by atoms with Crippen molar-refractivity contribution >= 4 is 28.5 Å². The van der Waals surface area contributed by atoms with Crippen molar-refractivity contribution in [3.63, 3.8) is 0 Å². The number of benzene rings is 3. The van der Waals surface area contributed by atoms with Crippen molar-refractivity contribution in [3.05, 3.63) is 71.6 Å². The molecule has 0 bridgehead atoms. The van der Waals surface area contributed by atoms with Gasteiger partial charge in [0.2, 0.25) is 17.2 Å². The van der Waals surface area contributed by atoms with Gasteiger partial charge in [-0.3, -0.25) is 9.59 Å². The van der Waals surface area contributed by atoms with Crippen LogP contribution in [0.4, 0.5) is 5.69 Å². The molecule has 40 heavy (non-hydrogen) atoms. The fraction of sp³-hybridized carbons (Fsp3) is 0.364. The number of rotatable bonds is 3. The van der Waals surface area contributed by atoms with Crippen molar-refractivity contribution in [2.24, 2.45) is 0 Å². The Balaban J connectivity index is 1.44. The minimum absolute atomic E-state index is 0.136. The van der Waals surface area contributed by atoms with Gasteiger partial charge in [0.15, 0.2) is 13.1 Å². The summed E-state index contributed by atoms with van der Waals surface area (Å²) >= 11 is 0. The van der Waals surface area contributed by atoms with Crippen LogP contribution in [0.3, 0.4) is 0 Å². The largest absolute Gasteiger partial charge is 0.456 e. The molecule has 6 rings (SSSR count). The molecular weight excluding hydrogens is 500 g/mol. The molecule has 4 aliphatic rings. The maximum atomic E-state index is 12.2. The number of aryl methyl sites for hydroxylation is 1. The molecule has 2 amide bonds. The Bertz CT molecular complexity index is 1600. The van der Waals surface area contributed by atoms with Crippen LogP contribution >= 0.6 is 0 Å². The number of piperazine rings is 2. The molecule has 0 aromatic heterocycles. The molecule has 2 aromatic rings. The number of anilines is 1. The van der Waals surface area contributed by atoms with E-state index in [-0.39, 0.29) is 11.8 Å². The number of carbonyl (C=O) groups is 2. The molecular formula is C33H37N4O3+. The van der Waals surface area contributed by atoms with Gasteiger partial charge in [-0.1, -0.05) is 36.8 Å². The molecule has 2 aromatic carbocycles. The van der Waals surface area contributed by atoms with Crippen LogP contribution in [0.2, 0.25) is 0 Å². The normalized spacial score (nSPS) is 16.2. The highest BCUT2D eigenvalue weighted by Crippen LogP contribution is 2.41. The van der Waals surface area contributed by atoms with Crippen LogP contribution in [0.25, 0.3) is 33.4 Å². The average Bonchev–Trinajstić information content (AvgIpc) is 2.99. The number of hydrogen-bond donors (Lipinski definition) is 0. The number of nitrogens with zero attached hydrogens (tertiary/aromatic N) is 4. The topological polar surface area (TPSA) is 60.0 Å². The number of hydrogen-bond acceptors (Lipinski definition) is 4. The third-order valence-corrected chi connectivity index (χ3v) is 8.42. The quantitative estimate of drug-likeness (QED) is 0.290.